The van der Waals surface area contributed by atoms with Crippen LogP contribution in [0.1, 0.15) is 131 Å². The lowest BCUT2D eigenvalue weighted by Crippen LogP contribution is -2.59. The van der Waals surface area contributed by atoms with Crippen molar-refractivity contribution in [2.24, 2.45) is 75.9 Å². The van der Waals surface area contributed by atoms with Gasteiger partial charge in [0.15, 0.2) is 23.7 Å². The molecular formula is C41H69NO7S. The Morgan fingerprint density at radius 2 is 1.66 bits per heavy atom. The van der Waals surface area contributed by atoms with Crippen LogP contribution in [-0.2, 0) is 30.1 Å². The van der Waals surface area contributed by atoms with Gasteiger partial charge in [-0.2, -0.15) is 0 Å². The van der Waals surface area contributed by atoms with Crippen molar-refractivity contribution in [3.05, 3.63) is 0 Å². The highest BCUT2D eigenvalue weighted by Crippen LogP contribution is 2.68. The smallest absolute Gasteiger partial charge is 0.220 e. The van der Waals surface area contributed by atoms with Crippen LogP contribution < -0.4 is 5.32 Å². The number of nitrogens with one attached hydrogen (secondary N) is 1. The zero-order valence-corrected chi connectivity index (χ0v) is 32.7. The number of aliphatic hydroxyl groups excluding tert-OH is 1. The average molecular weight is 720 g/mol. The lowest BCUT2D eigenvalue weighted by Gasteiger charge is -2.62. The van der Waals surface area contributed by atoms with E-state index >= 15 is 0 Å². The van der Waals surface area contributed by atoms with Gasteiger partial charge in [0, 0.05) is 24.8 Å². The molecule has 0 spiro atoms. The maximum Gasteiger partial charge on any atom is 0.220 e. The summed E-state index contributed by atoms with van der Waals surface area (Å²) in [4.78, 5) is 12.4. The van der Waals surface area contributed by atoms with Crippen molar-refractivity contribution in [2.75, 3.05) is 12.3 Å². The molecule has 5 aliphatic carbocycles. The highest BCUT2D eigenvalue weighted by atomic mass is 32.2. The molecule has 1 amide bonds. The molecule has 9 heteroatoms. The molecule has 2 heterocycles. The first kappa shape index (κ1) is 37.7. The largest absolute Gasteiger partial charge is 0.393 e. The second-order valence-electron chi connectivity index (χ2n) is 19.2. The number of rotatable bonds is 9. The monoisotopic (exact) mass is 719 g/mol. The molecule has 12 unspecified atom stereocenters. The molecular weight excluding hydrogens is 651 g/mol. The molecule has 19 atom stereocenters. The Balaban J connectivity index is 0.974. The molecule has 0 aromatic heterocycles. The van der Waals surface area contributed by atoms with Gasteiger partial charge < -0.3 is 29.2 Å². The average Bonchev–Trinajstić information content (AvgIpc) is 3.33. The van der Waals surface area contributed by atoms with E-state index in [1.54, 1.807) is 0 Å². The van der Waals surface area contributed by atoms with Gasteiger partial charge in [0.1, 0.15) is 0 Å². The summed E-state index contributed by atoms with van der Waals surface area (Å²) in [7, 11) is 0. The first-order valence-corrected chi connectivity index (χ1v) is 22.1. The molecule has 0 radical (unpaired) electrons. The number of amides is 1. The van der Waals surface area contributed by atoms with E-state index < -0.39 is 11.1 Å². The highest BCUT2D eigenvalue weighted by Gasteiger charge is 2.63. The molecule has 0 aromatic rings. The molecule has 50 heavy (non-hydrogen) atoms. The summed E-state index contributed by atoms with van der Waals surface area (Å²) >= 11 is -1.88. The minimum absolute atomic E-state index is 0.0229. The third kappa shape index (κ3) is 6.93. The van der Waals surface area contributed by atoms with Gasteiger partial charge in [-0.1, -0.05) is 41.0 Å². The van der Waals surface area contributed by atoms with Crippen LogP contribution in [0.4, 0.5) is 0 Å². The number of hydrogen-bond donors (Lipinski definition) is 3. The molecule has 286 valence electrons. The maximum absolute atomic E-state index is 12.4. The fourth-order valence-electron chi connectivity index (χ4n) is 14.0. The Labute approximate surface area is 305 Å². The van der Waals surface area contributed by atoms with Crippen molar-refractivity contribution in [1.29, 1.82) is 0 Å². The van der Waals surface area contributed by atoms with Crippen LogP contribution in [-0.4, -0.2) is 63.0 Å². The molecule has 5 saturated carbocycles. The Morgan fingerprint density at radius 1 is 0.920 bits per heavy atom. The number of carbonyl (C=O) groups excluding carboxylic acids is 1. The second kappa shape index (κ2) is 14.9. The van der Waals surface area contributed by atoms with E-state index in [9.17, 15) is 14.1 Å². The number of carbonyl (C=O) groups is 1. The van der Waals surface area contributed by atoms with E-state index in [2.05, 4.69) is 46.9 Å². The zero-order valence-electron chi connectivity index (χ0n) is 31.9. The number of ether oxygens (including phenoxy) is 3. The topological polar surface area (TPSA) is 114 Å². The Kier molecular flexibility index (Phi) is 11.3. The summed E-state index contributed by atoms with van der Waals surface area (Å²) in [6, 6.07) is 0. The van der Waals surface area contributed by atoms with Crippen LogP contribution in [0.15, 0.2) is 0 Å². The molecule has 2 saturated heterocycles. The van der Waals surface area contributed by atoms with Gasteiger partial charge in [0.2, 0.25) is 5.91 Å². The molecule has 7 rings (SSSR count). The van der Waals surface area contributed by atoms with E-state index in [-0.39, 0.29) is 59.9 Å². The van der Waals surface area contributed by atoms with E-state index in [4.69, 9.17) is 18.8 Å². The molecule has 3 N–H and O–H groups in total. The summed E-state index contributed by atoms with van der Waals surface area (Å²) in [5, 5.41) is 14.8. The van der Waals surface area contributed by atoms with Crippen LogP contribution >= 0.6 is 0 Å². The molecule has 0 aromatic carbocycles. The Bertz CT molecular complexity index is 1240. The van der Waals surface area contributed by atoms with E-state index in [0.717, 1.165) is 38.0 Å². The van der Waals surface area contributed by atoms with Crippen LogP contribution in [0.2, 0.25) is 0 Å². The van der Waals surface area contributed by atoms with E-state index in [0.29, 0.717) is 65.6 Å². The van der Waals surface area contributed by atoms with Crippen molar-refractivity contribution in [3.8, 4) is 0 Å². The van der Waals surface area contributed by atoms with E-state index in [1.807, 2.05) is 0 Å². The fraction of sp³-hybridized carbons (Fsp3) is 0.976. The van der Waals surface area contributed by atoms with Gasteiger partial charge in [-0.05, 0) is 148 Å². The summed E-state index contributed by atoms with van der Waals surface area (Å²) in [6.45, 7) is 14.7. The van der Waals surface area contributed by atoms with Crippen LogP contribution in [0.25, 0.3) is 0 Å². The van der Waals surface area contributed by atoms with Crippen molar-refractivity contribution < 1.29 is 32.9 Å². The summed E-state index contributed by atoms with van der Waals surface area (Å²) in [6.07, 6.45) is 15.0. The number of aliphatic hydroxyl groups is 1. The molecule has 7 aliphatic rings. The molecule has 8 nitrogen and oxygen atoms in total. The van der Waals surface area contributed by atoms with Crippen LogP contribution in [0.3, 0.4) is 0 Å². The van der Waals surface area contributed by atoms with Crippen molar-refractivity contribution in [3.63, 3.8) is 0 Å². The van der Waals surface area contributed by atoms with Gasteiger partial charge >= 0.3 is 0 Å². The lowest BCUT2D eigenvalue weighted by molar-refractivity contribution is -0.345. The maximum atomic E-state index is 12.4. The molecule has 7 fully saturated rings. The summed E-state index contributed by atoms with van der Waals surface area (Å²) in [5.41, 5.74) is 0.441. The number of hydrogen-bond acceptors (Lipinski definition) is 6. The first-order chi connectivity index (χ1) is 23.8. The third-order valence-corrected chi connectivity index (χ3v) is 17.3. The fourth-order valence-corrected chi connectivity index (χ4v) is 14.3. The lowest BCUT2D eigenvalue weighted by atomic mass is 9.43. The predicted octanol–water partition coefficient (Wildman–Crippen LogP) is 7.55. The quantitative estimate of drug-likeness (QED) is 0.167. The Hall–Kier alpha value is -0.580. The first-order valence-electron chi connectivity index (χ1n) is 20.8. The van der Waals surface area contributed by atoms with Gasteiger partial charge in [0.25, 0.3) is 0 Å². The SMILES string of the molecule is C[C@H]1C(O[C@@H]2CC[C@@]3(C)C(CC(O)C4C3CC[C@@]3(C)C4CCC3[C@H](C)CCC(=O)NCCS(=O)O)C2)OC2O[C@@H](C)CCC3C2C1CC[C@H]3C. The standard InChI is InChI=1S/C41H69NO7S/c1-23-7-10-30-26(4)38(49-39-36(30)29(23)11-9-25(3)47-39)48-28-15-17-40(5)27(21-28)22-34(43)37-32-13-12-31(41(32,6)18-16-33(37)40)24(2)8-14-35(44)42-19-20-50(45)46/h23-34,36-39,43H,7-22H2,1-6H3,(H,42,44)(H,45,46)/t23-,24-,25+,26-,27?,28-,29?,30?,31?,32?,33?,34?,36?,37?,38?,39?,40+,41-/m1/s1. The predicted molar refractivity (Wildman–Crippen MR) is 195 cm³/mol. The summed E-state index contributed by atoms with van der Waals surface area (Å²) < 4.78 is 40.3. The minimum Gasteiger partial charge on any atom is -0.393 e. The van der Waals surface area contributed by atoms with Gasteiger partial charge in [-0.15, -0.1) is 0 Å². The van der Waals surface area contributed by atoms with Crippen LogP contribution in [0, 0.1) is 75.9 Å². The zero-order chi connectivity index (χ0) is 35.5. The van der Waals surface area contributed by atoms with Crippen molar-refractivity contribution in [1.82, 2.24) is 5.32 Å². The minimum atomic E-state index is -1.88. The van der Waals surface area contributed by atoms with Gasteiger partial charge in [-0.3, -0.25) is 4.79 Å². The van der Waals surface area contributed by atoms with Crippen molar-refractivity contribution >= 4 is 17.0 Å². The normalized spacial score (nSPS) is 51.2. The third-order valence-electron chi connectivity index (χ3n) is 16.8. The molecule has 0 bridgehead atoms. The van der Waals surface area contributed by atoms with Crippen molar-refractivity contribution in [2.45, 2.75) is 162 Å². The molecule has 2 aliphatic heterocycles. The summed E-state index contributed by atoms with van der Waals surface area (Å²) in [5.74, 6) is 5.89. The Morgan fingerprint density at radius 3 is 2.44 bits per heavy atom. The van der Waals surface area contributed by atoms with Gasteiger partial charge in [-0.25, -0.2) is 4.21 Å². The second-order valence-corrected chi connectivity index (χ2v) is 20.2. The van der Waals surface area contributed by atoms with Gasteiger partial charge in [0.05, 0.1) is 24.1 Å². The number of fused-ring (bicyclic) bond motifs is 5. The highest BCUT2D eigenvalue weighted by molar-refractivity contribution is 7.79. The van der Waals surface area contributed by atoms with E-state index in [1.165, 1.54) is 51.4 Å². The van der Waals surface area contributed by atoms with Crippen LogP contribution in [0.5, 0.6) is 0 Å².